The first-order valence-corrected chi connectivity index (χ1v) is 12.4. The maximum absolute atomic E-state index is 12.6. The number of hydrogen-bond donors (Lipinski definition) is 2. The van der Waals surface area contributed by atoms with Crippen LogP contribution in [-0.4, -0.2) is 32.8 Å². The van der Waals surface area contributed by atoms with E-state index in [9.17, 15) is 4.79 Å². The van der Waals surface area contributed by atoms with Crippen molar-refractivity contribution in [2.45, 2.75) is 39.8 Å². The molecule has 0 bridgehead atoms. The van der Waals surface area contributed by atoms with Crippen molar-refractivity contribution in [3.8, 4) is 17.0 Å². The predicted molar refractivity (Wildman–Crippen MR) is 145 cm³/mol. The lowest BCUT2D eigenvalue weighted by molar-refractivity contribution is 0.0948. The van der Waals surface area contributed by atoms with Crippen molar-refractivity contribution in [2.75, 3.05) is 12.8 Å². The number of hydrogen-bond acceptors (Lipinski definition) is 6. The number of rotatable bonds is 6. The molecule has 0 fully saturated rings. The maximum atomic E-state index is 12.6. The van der Waals surface area contributed by atoms with Crippen LogP contribution in [0, 0.1) is 11.3 Å². The van der Waals surface area contributed by atoms with Crippen molar-refractivity contribution in [3.05, 3.63) is 78.1 Å². The van der Waals surface area contributed by atoms with Crippen LogP contribution in [0.15, 0.2) is 67.0 Å². The molecule has 2 heterocycles. The minimum atomic E-state index is -0.186. The van der Waals surface area contributed by atoms with E-state index in [2.05, 4.69) is 48.2 Å². The Balaban J connectivity index is 1.38. The lowest BCUT2D eigenvalue weighted by atomic mass is 9.80. The van der Waals surface area contributed by atoms with Gasteiger partial charge < -0.3 is 15.8 Å². The number of nitrogens with zero attached hydrogens (tertiary/aromatic N) is 4. The lowest BCUT2D eigenvalue weighted by Gasteiger charge is -2.26. The van der Waals surface area contributed by atoms with E-state index in [1.165, 1.54) is 6.33 Å². The standard InChI is InChI=1S/C29H32N6O2/c1-29(2,3)20-13-14-21(15-20)35-27-24(26(30)32-17-33-27)25(34-35)19-11-9-18(10-12-19)16-31-28(36)22-7-5-6-8-23(22)37-4/h5-14,17,20-21H,15-16H2,1-4H3,(H,31,36)(H2,30,32,33). The third-order valence-electron chi connectivity index (χ3n) is 7.04. The van der Waals surface area contributed by atoms with Gasteiger partial charge >= 0.3 is 0 Å². The molecular weight excluding hydrogens is 464 g/mol. The van der Waals surface area contributed by atoms with E-state index in [4.69, 9.17) is 15.6 Å². The van der Waals surface area contributed by atoms with Gasteiger partial charge in [-0.3, -0.25) is 4.79 Å². The Labute approximate surface area is 216 Å². The summed E-state index contributed by atoms with van der Waals surface area (Å²) in [6.07, 6.45) is 6.97. The predicted octanol–water partition coefficient (Wildman–Crippen LogP) is 5.18. The molecule has 1 amide bonds. The van der Waals surface area contributed by atoms with E-state index >= 15 is 0 Å². The summed E-state index contributed by atoms with van der Waals surface area (Å²) in [7, 11) is 1.56. The normalized spacial score (nSPS) is 17.3. The Morgan fingerprint density at radius 3 is 2.57 bits per heavy atom. The van der Waals surface area contributed by atoms with Crippen molar-refractivity contribution in [1.29, 1.82) is 0 Å². The first kappa shape index (κ1) is 24.5. The first-order chi connectivity index (χ1) is 17.8. The van der Waals surface area contributed by atoms with E-state index in [0.29, 0.717) is 29.6 Å². The second-order valence-corrected chi connectivity index (χ2v) is 10.5. The van der Waals surface area contributed by atoms with Crippen LogP contribution in [0.25, 0.3) is 22.3 Å². The quantitative estimate of drug-likeness (QED) is 0.356. The fraction of sp³-hybridized carbons (Fsp3) is 0.310. The monoisotopic (exact) mass is 496 g/mol. The van der Waals surface area contributed by atoms with Crippen LogP contribution in [0.2, 0.25) is 0 Å². The number of amides is 1. The average molecular weight is 497 g/mol. The lowest BCUT2D eigenvalue weighted by Crippen LogP contribution is -2.23. The summed E-state index contributed by atoms with van der Waals surface area (Å²) in [5, 5.41) is 8.70. The summed E-state index contributed by atoms with van der Waals surface area (Å²) in [5.41, 5.74) is 10.4. The number of ether oxygens (including phenoxy) is 1. The van der Waals surface area contributed by atoms with Gasteiger partial charge in [0.1, 0.15) is 23.6 Å². The topological polar surface area (TPSA) is 108 Å². The molecule has 2 atom stereocenters. The van der Waals surface area contributed by atoms with E-state index in [0.717, 1.165) is 34.3 Å². The van der Waals surface area contributed by atoms with Crippen LogP contribution in [0.4, 0.5) is 5.82 Å². The molecule has 1 aliphatic carbocycles. The van der Waals surface area contributed by atoms with E-state index in [-0.39, 0.29) is 17.4 Å². The Morgan fingerprint density at radius 2 is 1.86 bits per heavy atom. The smallest absolute Gasteiger partial charge is 0.255 e. The molecule has 2 aromatic carbocycles. The van der Waals surface area contributed by atoms with Gasteiger partial charge in [-0.25, -0.2) is 14.6 Å². The average Bonchev–Trinajstić information content (AvgIpc) is 3.54. The molecule has 8 nitrogen and oxygen atoms in total. The number of anilines is 1. The number of nitrogens with one attached hydrogen (secondary N) is 1. The molecule has 190 valence electrons. The van der Waals surface area contributed by atoms with Gasteiger partial charge in [-0.2, -0.15) is 5.10 Å². The zero-order valence-electron chi connectivity index (χ0n) is 21.6. The summed E-state index contributed by atoms with van der Waals surface area (Å²) in [6.45, 7) is 7.17. The zero-order chi connectivity index (χ0) is 26.2. The Morgan fingerprint density at radius 1 is 1.11 bits per heavy atom. The fourth-order valence-electron chi connectivity index (χ4n) is 4.82. The van der Waals surface area contributed by atoms with Gasteiger partial charge in [0.2, 0.25) is 0 Å². The second kappa shape index (κ2) is 9.69. The van der Waals surface area contributed by atoms with Gasteiger partial charge in [0.15, 0.2) is 5.65 Å². The van der Waals surface area contributed by atoms with Gasteiger partial charge in [0.25, 0.3) is 5.91 Å². The van der Waals surface area contributed by atoms with Crippen molar-refractivity contribution in [1.82, 2.24) is 25.1 Å². The molecular formula is C29H32N6O2. The minimum absolute atomic E-state index is 0.110. The van der Waals surface area contributed by atoms with Crippen LogP contribution in [0.3, 0.4) is 0 Å². The van der Waals surface area contributed by atoms with Crippen LogP contribution in [0.5, 0.6) is 5.75 Å². The second-order valence-electron chi connectivity index (χ2n) is 10.5. The van der Waals surface area contributed by atoms with E-state index < -0.39 is 0 Å². The molecule has 2 unspecified atom stereocenters. The Bertz CT molecular complexity index is 1470. The maximum Gasteiger partial charge on any atom is 0.255 e. The van der Waals surface area contributed by atoms with Gasteiger partial charge in [0.05, 0.1) is 24.1 Å². The molecule has 0 aliphatic heterocycles. The van der Waals surface area contributed by atoms with Crippen LogP contribution >= 0.6 is 0 Å². The number of fused-ring (bicyclic) bond motifs is 1. The van der Waals surface area contributed by atoms with Crippen LogP contribution in [-0.2, 0) is 6.54 Å². The molecule has 0 spiro atoms. The first-order valence-electron chi connectivity index (χ1n) is 12.4. The number of allylic oxidation sites excluding steroid dienone is 2. The molecule has 0 radical (unpaired) electrons. The molecule has 5 rings (SSSR count). The van der Waals surface area contributed by atoms with Crippen LogP contribution < -0.4 is 15.8 Å². The molecule has 37 heavy (non-hydrogen) atoms. The summed E-state index contributed by atoms with van der Waals surface area (Å²) in [4.78, 5) is 21.4. The third-order valence-corrected chi connectivity index (χ3v) is 7.04. The molecule has 8 heteroatoms. The highest BCUT2D eigenvalue weighted by Gasteiger charge is 2.31. The molecule has 2 aromatic heterocycles. The molecule has 4 aromatic rings. The number of para-hydroxylation sites is 1. The van der Waals surface area contributed by atoms with Gasteiger partial charge in [-0.1, -0.05) is 69.3 Å². The Hall–Kier alpha value is -4.20. The fourth-order valence-corrected chi connectivity index (χ4v) is 4.82. The van der Waals surface area contributed by atoms with Gasteiger partial charge in [0, 0.05) is 12.1 Å². The highest BCUT2D eigenvalue weighted by atomic mass is 16.5. The molecule has 0 saturated carbocycles. The van der Waals surface area contributed by atoms with E-state index in [1.807, 2.05) is 41.1 Å². The number of carbonyl (C=O) groups excluding carboxylic acids is 1. The summed E-state index contributed by atoms with van der Waals surface area (Å²) in [5.74, 6) is 1.23. The summed E-state index contributed by atoms with van der Waals surface area (Å²) >= 11 is 0. The van der Waals surface area contributed by atoms with Gasteiger partial charge in [-0.05, 0) is 35.4 Å². The van der Waals surface area contributed by atoms with Crippen molar-refractivity contribution in [2.24, 2.45) is 11.3 Å². The highest BCUT2D eigenvalue weighted by Crippen LogP contribution is 2.41. The Kier molecular flexibility index (Phi) is 6.41. The number of methoxy groups -OCH3 is 1. The number of nitrogens with two attached hydrogens (primary N) is 1. The molecule has 0 saturated heterocycles. The SMILES string of the molecule is COc1ccccc1C(=O)NCc1ccc(-c2nn(C3C=CC(C(C)(C)C)C3)c3ncnc(N)c23)cc1. The molecule has 1 aliphatic rings. The van der Waals surface area contributed by atoms with Crippen LogP contribution in [0.1, 0.15) is 49.2 Å². The zero-order valence-corrected chi connectivity index (χ0v) is 21.6. The third kappa shape index (κ3) is 4.79. The van der Waals surface area contributed by atoms with Gasteiger partial charge in [-0.15, -0.1) is 0 Å². The highest BCUT2D eigenvalue weighted by molar-refractivity contribution is 5.98. The summed E-state index contributed by atoms with van der Waals surface area (Å²) in [6, 6.07) is 15.2. The van der Waals surface area contributed by atoms with Crippen molar-refractivity contribution < 1.29 is 9.53 Å². The number of carbonyl (C=O) groups is 1. The largest absolute Gasteiger partial charge is 0.496 e. The molecule has 3 N–H and O–H groups in total. The number of nitrogen functional groups attached to an aromatic ring is 1. The minimum Gasteiger partial charge on any atom is -0.496 e. The number of benzene rings is 2. The summed E-state index contributed by atoms with van der Waals surface area (Å²) < 4.78 is 7.27. The van der Waals surface area contributed by atoms with E-state index in [1.54, 1.807) is 19.2 Å². The van der Waals surface area contributed by atoms with Crippen molar-refractivity contribution >= 4 is 22.8 Å². The van der Waals surface area contributed by atoms with Crippen molar-refractivity contribution in [3.63, 3.8) is 0 Å². The number of aromatic nitrogens is 4.